The van der Waals surface area contributed by atoms with E-state index in [0.717, 1.165) is 12.8 Å². The van der Waals surface area contributed by atoms with E-state index in [0.29, 0.717) is 28.8 Å². The molecule has 0 unspecified atom stereocenters. The number of nitrogens with zero attached hydrogens (tertiary/aromatic N) is 1. The maximum atomic E-state index is 12.3. The summed E-state index contributed by atoms with van der Waals surface area (Å²) in [6, 6.07) is 7.06. The first-order chi connectivity index (χ1) is 11.2. The highest BCUT2D eigenvalue weighted by molar-refractivity contribution is 6.07. The topological polar surface area (TPSA) is 77.5 Å². The molecule has 0 atom stereocenters. The minimum atomic E-state index is -0.500. The van der Waals surface area contributed by atoms with Crippen molar-refractivity contribution in [3.05, 3.63) is 36.0 Å². The number of benzene rings is 1. The van der Waals surface area contributed by atoms with Crippen LogP contribution in [-0.2, 0) is 9.53 Å². The number of pyridine rings is 1. The van der Waals surface area contributed by atoms with Crippen LogP contribution in [-0.4, -0.2) is 37.1 Å². The Labute approximate surface area is 134 Å². The highest BCUT2D eigenvalue weighted by atomic mass is 16.5. The Kier molecular flexibility index (Phi) is 5.91. The molecule has 0 bridgehead atoms. The molecule has 1 heterocycles. The number of amides is 1. The molecule has 2 aromatic rings. The number of esters is 1. The second-order valence-corrected chi connectivity index (χ2v) is 5.00. The highest BCUT2D eigenvalue weighted by Gasteiger charge is 2.12. The number of carbonyl (C=O) groups excluding carboxylic acids is 2. The molecule has 6 heteroatoms. The fraction of sp³-hybridized carbons (Fsp3) is 0.353. The van der Waals surface area contributed by atoms with E-state index in [4.69, 9.17) is 4.74 Å². The van der Waals surface area contributed by atoms with Gasteiger partial charge in [0.05, 0.1) is 24.8 Å². The van der Waals surface area contributed by atoms with Crippen LogP contribution < -0.4 is 10.1 Å². The number of methoxy groups -OCH3 is 1. The fourth-order valence-electron chi connectivity index (χ4n) is 2.07. The summed E-state index contributed by atoms with van der Waals surface area (Å²) in [5.74, 6) is -0.158. The molecule has 0 aliphatic rings. The largest absolute Gasteiger partial charge is 0.494 e. The van der Waals surface area contributed by atoms with Crippen LogP contribution in [0.25, 0.3) is 10.9 Å². The van der Waals surface area contributed by atoms with E-state index in [1.807, 2.05) is 12.1 Å². The zero-order valence-electron chi connectivity index (χ0n) is 13.3. The number of rotatable bonds is 7. The third-order valence-electron chi connectivity index (χ3n) is 3.35. The minimum absolute atomic E-state index is 0.175. The zero-order chi connectivity index (χ0) is 16.7. The first-order valence-corrected chi connectivity index (χ1v) is 7.52. The molecule has 0 spiro atoms. The molecule has 122 valence electrons. The van der Waals surface area contributed by atoms with Crippen molar-refractivity contribution < 1.29 is 19.1 Å². The molecule has 0 fully saturated rings. The first kappa shape index (κ1) is 16.7. The molecule has 1 aromatic carbocycles. The summed E-state index contributed by atoms with van der Waals surface area (Å²) in [6.07, 6.45) is 3.58. The lowest BCUT2D eigenvalue weighted by Crippen LogP contribution is -2.30. The molecule has 1 N–H and O–H groups in total. The third kappa shape index (κ3) is 4.42. The van der Waals surface area contributed by atoms with E-state index in [2.05, 4.69) is 22.0 Å². The van der Waals surface area contributed by atoms with Crippen molar-refractivity contribution in [2.75, 3.05) is 20.3 Å². The molecular formula is C17H20N2O4. The summed E-state index contributed by atoms with van der Waals surface area (Å²) in [5.41, 5.74) is 1.14. The summed E-state index contributed by atoms with van der Waals surface area (Å²) < 4.78 is 10.2. The predicted molar refractivity (Wildman–Crippen MR) is 86.5 cm³/mol. The quantitative estimate of drug-likeness (QED) is 0.626. The van der Waals surface area contributed by atoms with Gasteiger partial charge in [0, 0.05) is 11.6 Å². The van der Waals surface area contributed by atoms with Crippen molar-refractivity contribution >= 4 is 22.8 Å². The van der Waals surface area contributed by atoms with Crippen molar-refractivity contribution in [1.82, 2.24) is 10.3 Å². The van der Waals surface area contributed by atoms with Gasteiger partial charge in [-0.1, -0.05) is 13.3 Å². The maximum Gasteiger partial charge on any atom is 0.325 e. The number of aromatic nitrogens is 1. The predicted octanol–water partition coefficient (Wildman–Crippen LogP) is 2.32. The van der Waals surface area contributed by atoms with E-state index in [1.54, 1.807) is 18.3 Å². The van der Waals surface area contributed by atoms with Crippen LogP contribution in [0.5, 0.6) is 5.75 Å². The van der Waals surface area contributed by atoms with Gasteiger partial charge >= 0.3 is 5.97 Å². The summed E-state index contributed by atoms with van der Waals surface area (Å²) in [5, 5.41) is 3.22. The molecule has 1 aromatic heterocycles. The van der Waals surface area contributed by atoms with Crippen LogP contribution in [0.1, 0.15) is 30.1 Å². The fourth-order valence-corrected chi connectivity index (χ4v) is 2.07. The van der Waals surface area contributed by atoms with Gasteiger partial charge in [0.25, 0.3) is 5.91 Å². The van der Waals surface area contributed by atoms with Crippen molar-refractivity contribution in [1.29, 1.82) is 0 Å². The third-order valence-corrected chi connectivity index (χ3v) is 3.35. The monoisotopic (exact) mass is 316 g/mol. The molecule has 0 radical (unpaired) electrons. The lowest BCUT2D eigenvalue weighted by molar-refractivity contribution is -0.139. The molecule has 0 aliphatic heterocycles. The van der Waals surface area contributed by atoms with Gasteiger partial charge < -0.3 is 14.8 Å². The lowest BCUT2D eigenvalue weighted by atomic mass is 10.1. The average Bonchev–Trinajstić information content (AvgIpc) is 2.59. The van der Waals surface area contributed by atoms with Crippen LogP contribution in [0, 0.1) is 0 Å². The summed E-state index contributed by atoms with van der Waals surface area (Å²) in [6.45, 7) is 2.55. The number of ether oxygens (including phenoxy) is 2. The maximum absolute atomic E-state index is 12.3. The van der Waals surface area contributed by atoms with E-state index in [1.165, 1.54) is 7.11 Å². The molecule has 0 saturated heterocycles. The van der Waals surface area contributed by atoms with Gasteiger partial charge in [-0.3, -0.25) is 14.6 Å². The number of unbranched alkanes of at least 4 members (excludes halogenated alkanes) is 1. The van der Waals surface area contributed by atoms with Crippen LogP contribution in [0.3, 0.4) is 0 Å². The van der Waals surface area contributed by atoms with Gasteiger partial charge in [0.15, 0.2) is 0 Å². The van der Waals surface area contributed by atoms with Crippen LogP contribution in [0.2, 0.25) is 0 Å². The number of fused-ring (bicyclic) bond motifs is 1. The number of hydrogen-bond acceptors (Lipinski definition) is 5. The zero-order valence-corrected chi connectivity index (χ0v) is 13.3. The summed E-state index contributed by atoms with van der Waals surface area (Å²) in [4.78, 5) is 27.7. The van der Waals surface area contributed by atoms with Gasteiger partial charge in [-0.15, -0.1) is 0 Å². The Balaban J connectivity index is 2.22. The van der Waals surface area contributed by atoms with Crippen LogP contribution in [0.15, 0.2) is 30.5 Å². The van der Waals surface area contributed by atoms with E-state index >= 15 is 0 Å². The standard InChI is InChI=1S/C17H20N2O4/c1-3-4-9-23-12-5-6-15-14(10-12)13(7-8-18-15)17(21)19-11-16(20)22-2/h5-8,10H,3-4,9,11H2,1-2H3,(H,19,21). The Morgan fingerprint density at radius 3 is 2.83 bits per heavy atom. The van der Waals surface area contributed by atoms with Crippen molar-refractivity contribution in [3.8, 4) is 5.75 Å². The Morgan fingerprint density at radius 2 is 2.09 bits per heavy atom. The van der Waals surface area contributed by atoms with Gasteiger partial charge in [0.2, 0.25) is 0 Å². The molecule has 2 rings (SSSR count). The minimum Gasteiger partial charge on any atom is -0.494 e. The molecule has 1 amide bonds. The average molecular weight is 316 g/mol. The lowest BCUT2D eigenvalue weighted by Gasteiger charge is -2.09. The summed E-state index contributed by atoms with van der Waals surface area (Å²) >= 11 is 0. The van der Waals surface area contributed by atoms with E-state index in [-0.39, 0.29) is 12.5 Å². The molecule has 0 aliphatic carbocycles. The molecular weight excluding hydrogens is 296 g/mol. The van der Waals surface area contributed by atoms with Gasteiger partial charge in [0.1, 0.15) is 12.3 Å². The Morgan fingerprint density at radius 1 is 1.26 bits per heavy atom. The molecule has 0 saturated carbocycles. The van der Waals surface area contributed by atoms with Gasteiger partial charge in [-0.25, -0.2) is 0 Å². The second-order valence-electron chi connectivity index (χ2n) is 5.00. The van der Waals surface area contributed by atoms with Crippen molar-refractivity contribution in [2.45, 2.75) is 19.8 Å². The Hall–Kier alpha value is -2.63. The highest BCUT2D eigenvalue weighted by Crippen LogP contribution is 2.23. The van der Waals surface area contributed by atoms with E-state index in [9.17, 15) is 9.59 Å². The number of nitrogens with one attached hydrogen (secondary N) is 1. The molecule has 6 nitrogen and oxygen atoms in total. The van der Waals surface area contributed by atoms with E-state index < -0.39 is 5.97 Å². The number of hydrogen-bond donors (Lipinski definition) is 1. The van der Waals surface area contributed by atoms with Crippen LogP contribution >= 0.6 is 0 Å². The first-order valence-electron chi connectivity index (χ1n) is 7.52. The van der Waals surface area contributed by atoms with Crippen molar-refractivity contribution in [2.24, 2.45) is 0 Å². The SMILES string of the molecule is CCCCOc1ccc2nccc(C(=O)NCC(=O)OC)c2c1. The number of carbonyl (C=O) groups is 2. The smallest absolute Gasteiger partial charge is 0.325 e. The van der Waals surface area contributed by atoms with Gasteiger partial charge in [-0.05, 0) is 30.7 Å². The summed E-state index contributed by atoms with van der Waals surface area (Å²) in [7, 11) is 1.27. The van der Waals surface area contributed by atoms with Crippen molar-refractivity contribution in [3.63, 3.8) is 0 Å². The van der Waals surface area contributed by atoms with Gasteiger partial charge in [-0.2, -0.15) is 0 Å². The normalized spacial score (nSPS) is 10.3. The van der Waals surface area contributed by atoms with Crippen LogP contribution in [0.4, 0.5) is 0 Å². The second kappa shape index (κ2) is 8.12. The molecule has 23 heavy (non-hydrogen) atoms. The Bertz CT molecular complexity index is 700.